The Hall–Kier alpha value is -2.52. The molecule has 0 spiro atoms. The molecular weight excluding hydrogens is 514 g/mol. The van der Waals surface area contributed by atoms with Crippen LogP contribution in [0.25, 0.3) is 16.4 Å². The van der Waals surface area contributed by atoms with Gasteiger partial charge in [-0.1, -0.05) is 55.8 Å². The number of nitrogens with zero attached hydrogens (tertiary/aromatic N) is 5. The number of piperazine rings is 1. The van der Waals surface area contributed by atoms with E-state index in [1.165, 1.54) is 11.3 Å². The van der Waals surface area contributed by atoms with E-state index in [1.54, 1.807) is 10.9 Å². The molecule has 34 heavy (non-hydrogen) atoms. The number of thiazole rings is 1. The molecule has 4 rings (SSSR count). The minimum Gasteiger partial charge on any atom is -0.336 e. The van der Waals surface area contributed by atoms with Gasteiger partial charge in [-0.05, 0) is 25.0 Å². The molecular formula is C25H30BrN5O2S. The van der Waals surface area contributed by atoms with Gasteiger partial charge in [-0.15, -0.1) is 11.3 Å². The number of benzene rings is 1. The van der Waals surface area contributed by atoms with Gasteiger partial charge in [0.25, 0.3) is 5.91 Å². The molecule has 1 saturated heterocycles. The quantitative estimate of drug-likeness (QED) is 0.442. The van der Waals surface area contributed by atoms with Gasteiger partial charge in [-0.3, -0.25) is 9.59 Å². The molecule has 180 valence electrons. The van der Waals surface area contributed by atoms with E-state index in [0.717, 1.165) is 26.6 Å². The summed E-state index contributed by atoms with van der Waals surface area (Å²) in [5, 5.41) is 7.32. The lowest BCUT2D eigenvalue weighted by atomic mass is 10.0. The summed E-state index contributed by atoms with van der Waals surface area (Å²) in [4.78, 5) is 34.5. The van der Waals surface area contributed by atoms with E-state index < -0.39 is 0 Å². The highest BCUT2D eigenvalue weighted by Gasteiger charge is 2.33. The smallest absolute Gasteiger partial charge is 0.257 e. The van der Waals surface area contributed by atoms with Crippen molar-refractivity contribution in [1.29, 1.82) is 0 Å². The topological polar surface area (TPSA) is 71.3 Å². The van der Waals surface area contributed by atoms with E-state index in [0.29, 0.717) is 25.2 Å². The minimum absolute atomic E-state index is 0.0161. The highest BCUT2D eigenvalue weighted by atomic mass is 79.9. The van der Waals surface area contributed by atoms with Crippen LogP contribution in [0.2, 0.25) is 0 Å². The van der Waals surface area contributed by atoms with Gasteiger partial charge in [-0.2, -0.15) is 5.10 Å². The van der Waals surface area contributed by atoms with E-state index >= 15 is 0 Å². The lowest BCUT2D eigenvalue weighted by Crippen LogP contribution is -2.56. The number of aromatic nitrogens is 3. The van der Waals surface area contributed by atoms with Crippen LogP contribution in [-0.2, 0) is 4.79 Å². The van der Waals surface area contributed by atoms with E-state index in [1.807, 2.05) is 60.2 Å². The molecule has 0 N–H and O–H groups in total. The van der Waals surface area contributed by atoms with Crippen molar-refractivity contribution in [3.63, 3.8) is 0 Å². The molecule has 1 aliphatic rings. The maximum Gasteiger partial charge on any atom is 0.257 e. The van der Waals surface area contributed by atoms with Gasteiger partial charge in [0.05, 0.1) is 23.1 Å². The van der Waals surface area contributed by atoms with Gasteiger partial charge in [0.1, 0.15) is 0 Å². The first-order valence-electron chi connectivity index (χ1n) is 11.6. The highest BCUT2D eigenvalue weighted by Crippen LogP contribution is 2.30. The second-order valence-electron chi connectivity index (χ2n) is 9.32. The fourth-order valence-corrected chi connectivity index (χ4v) is 5.38. The van der Waals surface area contributed by atoms with Crippen LogP contribution >= 0.6 is 27.3 Å². The predicted molar refractivity (Wildman–Crippen MR) is 138 cm³/mol. The average Bonchev–Trinajstić information content (AvgIpc) is 3.46. The maximum atomic E-state index is 13.5. The Kier molecular flexibility index (Phi) is 7.23. The van der Waals surface area contributed by atoms with Gasteiger partial charge in [-0.25, -0.2) is 9.67 Å². The Morgan fingerprint density at radius 3 is 2.44 bits per heavy atom. The largest absolute Gasteiger partial charge is 0.336 e. The Balaban J connectivity index is 1.58. The van der Waals surface area contributed by atoms with Crippen LogP contribution in [0.5, 0.6) is 0 Å². The van der Waals surface area contributed by atoms with E-state index in [-0.39, 0.29) is 29.7 Å². The molecule has 9 heteroatoms. The van der Waals surface area contributed by atoms with Gasteiger partial charge in [0.15, 0.2) is 0 Å². The Labute approximate surface area is 212 Å². The lowest BCUT2D eigenvalue weighted by molar-refractivity contribution is -0.138. The summed E-state index contributed by atoms with van der Waals surface area (Å²) in [6, 6.07) is 8.02. The molecule has 2 aromatic heterocycles. The molecule has 1 atom stereocenters. The molecule has 1 fully saturated rings. The third kappa shape index (κ3) is 4.81. The molecule has 3 aromatic rings. The molecule has 2 amide bonds. The Morgan fingerprint density at radius 1 is 1.12 bits per heavy atom. The number of carbonyl (C=O) groups excluding carboxylic acids is 2. The molecule has 1 aromatic carbocycles. The molecule has 1 unspecified atom stereocenters. The van der Waals surface area contributed by atoms with Gasteiger partial charge >= 0.3 is 0 Å². The van der Waals surface area contributed by atoms with E-state index in [4.69, 9.17) is 4.98 Å². The van der Waals surface area contributed by atoms with Crippen LogP contribution < -0.4 is 0 Å². The summed E-state index contributed by atoms with van der Waals surface area (Å²) in [5.41, 5.74) is 3.37. The normalized spacial score (nSPS) is 16.5. The molecule has 7 nitrogen and oxygen atoms in total. The molecule has 0 bridgehead atoms. The lowest BCUT2D eigenvalue weighted by Gasteiger charge is -2.40. The molecule has 0 aliphatic carbocycles. The summed E-state index contributed by atoms with van der Waals surface area (Å²) < 4.78 is 2.82. The van der Waals surface area contributed by atoms with Crippen molar-refractivity contribution >= 4 is 39.1 Å². The number of amides is 2. The number of rotatable bonds is 5. The first kappa shape index (κ1) is 24.6. The van der Waals surface area contributed by atoms with Crippen molar-refractivity contribution in [3.05, 3.63) is 51.6 Å². The first-order chi connectivity index (χ1) is 16.2. The molecule has 0 radical (unpaired) electrons. The molecule has 0 saturated carbocycles. The number of halogens is 1. The van der Waals surface area contributed by atoms with Crippen molar-refractivity contribution in [1.82, 2.24) is 24.6 Å². The zero-order valence-corrected chi connectivity index (χ0v) is 22.6. The Morgan fingerprint density at radius 2 is 1.82 bits per heavy atom. The second kappa shape index (κ2) is 10.00. The fraction of sp³-hybridized carbons (Fsp3) is 0.440. The van der Waals surface area contributed by atoms with Gasteiger partial charge in [0, 0.05) is 47.0 Å². The van der Waals surface area contributed by atoms with E-state index in [9.17, 15) is 9.59 Å². The van der Waals surface area contributed by atoms with Crippen LogP contribution in [-0.4, -0.2) is 62.1 Å². The van der Waals surface area contributed by atoms with Crippen molar-refractivity contribution in [3.8, 4) is 16.4 Å². The molecule has 3 heterocycles. The monoisotopic (exact) mass is 543 g/mol. The van der Waals surface area contributed by atoms with Crippen LogP contribution in [0.15, 0.2) is 40.3 Å². The minimum atomic E-state index is -0.0453. The Bertz CT molecular complexity index is 1180. The maximum absolute atomic E-state index is 13.5. The van der Waals surface area contributed by atoms with Crippen molar-refractivity contribution in [2.75, 3.05) is 19.6 Å². The summed E-state index contributed by atoms with van der Waals surface area (Å²) >= 11 is 4.98. The SMILES string of the molecule is CC(C)C(=O)N1CCN(C(=O)c2cnn(-c3nc(-c4ccc(Br)cc4)cs3)c2C(C)C)CC1C. The summed E-state index contributed by atoms with van der Waals surface area (Å²) in [6.45, 7) is 11.6. The van der Waals surface area contributed by atoms with Crippen molar-refractivity contribution in [2.45, 2.75) is 46.6 Å². The summed E-state index contributed by atoms with van der Waals surface area (Å²) in [7, 11) is 0. The zero-order chi connectivity index (χ0) is 24.6. The number of carbonyl (C=O) groups is 2. The number of hydrogen-bond acceptors (Lipinski definition) is 5. The van der Waals surface area contributed by atoms with E-state index in [2.05, 4.69) is 34.9 Å². The predicted octanol–water partition coefficient (Wildman–Crippen LogP) is 5.21. The number of hydrogen-bond donors (Lipinski definition) is 0. The zero-order valence-electron chi connectivity index (χ0n) is 20.2. The third-order valence-corrected chi connectivity index (χ3v) is 7.43. The summed E-state index contributed by atoms with van der Waals surface area (Å²) in [5.74, 6) is 0.141. The highest BCUT2D eigenvalue weighted by molar-refractivity contribution is 9.10. The molecule has 1 aliphatic heterocycles. The first-order valence-corrected chi connectivity index (χ1v) is 13.2. The van der Waals surface area contributed by atoms with Gasteiger partial charge in [0.2, 0.25) is 11.0 Å². The van der Waals surface area contributed by atoms with Gasteiger partial charge < -0.3 is 9.80 Å². The standard InChI is InChI=1S/C25H30BrN5O2S/c1-15(2)22-20(24(33)29-10-11-30(17(5)13-29)23(32)16(3)4)12-27-31(22)25-28-21(14-34-25)18-6-8-19(26)9-7-18/h6-9,12,14-17H,10-11,13H2,1-5H3. The van der Waals surface area contributed by atoms with Crippen molar-refractivity contribution < 1.29 is 9.59 Å². The van der Waals surface area contributed by atoms with Crippen LogP contribution in [0, 0.1) is 5.92 Å². The average molecular weight is 545 g/mol. The fourth-order valence-electron chi connectivity index (χ4n) is 4.32. The summed E-state index contributed by atoms with van der Waals surface area (Å²) in [6.07, 6.45) is 1.66. The van der Waals surface area contributed by atoms with Crippen LogP contribution in [0.3, 0.4) is 0 Å². The van der Waals surface area contributed by atoms with Crippen LogP contribution in [0.1, 0.15) is 56.6 Å². The van der Waals surface area contributed by atoms with Crippen LogP contribution in [0.4, 0.5) is 0 Å². The second-order valence-corrected chi connectivity index (χ2v) is 11.1. The third-order valence-electron chi connectivity index (χ3n) is 6.09. The van der Waals surface area contributed by atoms with Crippen molar-refractivity contribution in [2.24, 2.45) is 5.92 Å².